The number of amides is 2. The zero-order chi connectivity index (χ0) is 20.2. The smallest absolute Gasteiger partial charge is 0.242 e. The average Bonchev–Trinajstić information content (AvgIpc) is 3.44. The summed E-state index contributed by atoms with van der Waals surface area (Å²) < 4.78 is 0. The molecule has 3 fully saturated rings. The molecule has 1 aromatic rings. The standard InChI is InChI=1S/C24H35N3O2/c1-18-10-12-21(13-11-18)25-23(28)22(19-6-2-3-7-19)26-14-16-27(17-15-26)24(29)20-8-4-5-9-20/h10-13,19-20,22H,2-9,14-17H2,1H3,(H,25,28)/t22-/m1/s1. The van der Waals surface area contributed by atoms with Crippen molar-refractivity contribution in [2.75, 3.05) is 31.5 Å². The lowest BCUT2D eigenvalue weighted by molar-refractivity contribution is -0.138. The first-order chi connectivity index (χ1) is 14.1. The molecule has 0 radical (unpaired) electrons. The highest BCUT2D eigenvalue weighted by atomic mass is 16.2. The van der Waals surface area contributed by atoms with E-state index in [1.54, 1.807) is 0 Å². The molecule has 1 saturated heterocycles. The summed E-state index contributed by atoms with van der Waals surface area (Å²) in [5, 5.41) is 3.16. The topological polar surface area (TPSA) is 52.7 Å². The van der Waals surface area contributed by atoms with Crippen molar-refractivity contribution in [3.05, 3.63) is 29.8 Å². The number of carbonyl (C=O) groups excluding carboxylic acids is 2. The molecule has 5 nitrogen and oxygen atoms in total. The third kappa shape index (κ3) is 4.82. The number of hydrogen-bond acceptors (Lipinski definition) is 3. The van der Waals surface area contributed by atoms with Crippen molar-refractivity contribution in [3.63, 3.8) is 0 Å². The van der Waals surface area contributed by atoms with Crippen LogP contribution in [0.3, 0.4) is 0 Å². The Labute approximate surface area is 174 Å². The molecule has 1 N–H and O–H groups in total. The van der Waals surface area contributed by atoms with Crippen molar-refractivity contribution in [1.82, 2.24) is 9.80 Å². The summed E-state index contributed by atoms with van der Waals surface area (Å²) in [7, 11) is 0. The van der Waals surface area contributed by atoms with Crippen LogP contribution in [0.4, 0.5) is 5.69 Å². The summed E-state index contributed by atoms with van der Waals surface area (Å²) in [6.07, 6.45) is 9.21. The summed E-state index contributed by atoms with van der Waals surface area (Å²) in [6, 6.07) is 7.96. The summed E-state index contributed by atoms with van der Waals surface area (Å²) in [6.45, 7) is 5.19. The predicted octanol–water partition coefficient (Wildman–Crippen LogP) is 3.83. The van der Waals surface area contributed by atoms with Gasteiger partial charge in [0.2, 0.25) is 11.8 Å². The zero-order valence-electron chi connectivity index (χ0n) is 17.7. The lowest BCUT2D eigenvalue weighted by Gasteiger charge is -2.41. The van der Waals surface area contributed by atoms with Crippen LogP contribution < -0.4 is 5.32 Å². The lowest BCUT2D eigenvalue weighted by Crippen LogP contribution is -2.57. The molecule has 4 rings (SSSR count). The first-order valence-electron chi connectivity index (χ1n) is 11.5. The van der Waals surface area contributed by atoms with Gasteiger partial charge < -0.3 is 10.2 Å². The van der Waals surface area contributed by atoms with E-state index in [2.05, 4.69) is 22.0 Å². The van der Waals surface area contributed by atoms with Gasteiger partial charge in [0.15, 0.2) is 0 Å². The number of aryl methyl sites for hydroxylation is 1. The van der Waals surface area contributed by atoms with E-state index in [4.69, 9.17) is 0 Å². The third-order valence-corrected chi connectivity index (χ3v) is 7.16. The molecular weight excluding hydrogens is 362 g/mol. The SMILES string of the molecule is Cc1ccc(NC(=O)[C@@H](C2CCCC2)N2CCN(C(=O)C3CCCC3)CC2)cc1. The number of benzene rings is 1. The highest BCUT2D eigenvalue weighted by Crippen LogP contribution is 2.32. The summed E-state index contributed by atoms with van der Waals surface area (Å²) in [5.74, 6) is 1.15. The van der Waals surface area contributed by atoms with Crippen LogP contribution in [0, 0.1) is 18.8 Å². The predicted molar refractivity (Wildman–Crippen MR) is 116 cm³/mol. The second-order valence-corrected chi connectivity index (χ2v) is 9.19. The maximum Gasteiger partial charge on any atom is 0.242 e. The molecule has 0 aromatic heterocycles. The van der Waals surface area contributed by atoms with Gasteiger partial charge in [-0.25, -0.2) is 0 Å². The van der Waals surface area contributed by atoms with Crippen molar-refractivity contribution in [2.45, 2.75) is 64.3 Å². The van der Waals surface area contributed by atoms with E-state index >= 15 is 0 Å². The minimum atomic E-state index is -0.0810. The van der Waals surface area contributed by atoms with E-state index in [1.165, 1.54) is 31.2 Å². The van der Waals surface area contributed by atoms with Gasteiger partial charge in [-0.3, -0.25) is 14.5 Å². The number of hydrogen-bond donors (Lipinski definition) is 1. The van der Waals surface area contributed by atoms with Gasteiger partial charge in [-0.2, -0.15) is 0 Å². The van der Waals surface area contributed by atoms with Crippen LogP contribution in [-0.2, 0) is 9.59 Å². The number of rotatable bonds is 5. The monoisotopic (exact) mass is 397 g/mol. The molecule has 0 bridgehead atoms. The Kier molecular flexibility index (Phi) is 6.53. The molecule has 1 atom stereocenters. The third-order valence-electron chi connectivity index (χ3n) is 7.16. The summed E-state index contributed by atoms with van der Waals surface area (Å²) in [5.41, 5.74) is 2.07. The van der Waals surface area contributed by atoms with Gasteiger partial charge in [-0.15, -0.1) is 0 Å². The second-order valence-electron chi connectivity index (χ2n) is 9.19. The lowest BCUT2D eigenvalue weighted by atomic mass is 9.94. The van der Waals surface area contributed by atoms with E-state index in [0.29, 0.717) is 11.8 Å². The van der Waals surface area contributed by atoms with Gasteiger partial charge in [0.1, 0.15) is 0 Å². The largest absolute Gasteiger partial charge is 0.340 e. The molecule has 3 aliphatic rings. The fourth-order valence-electron chi connectivity index (χ4n) is 5.46. The van der Waals surface area contributed by atoms with Crippen LogP contribution >= 0.6 is 0 Å². The molecule has 2 amide bonds. The minimum Gasteiger partial charge on any atom is -0.340 e. The molecule has 1 aliphatic heterocycles. The van der Waals surface area contributed by atoms with Gasteiger partial charge >= 0.3 is 0 Å². The highest BCUT2D eigenvalue weighted by Gasteiger charge is 2.38. The Balaban J connectivity index is 1.40. The molecular formula is C24H35N3O2. The number of anilines is 1. The molecule has 2 aliphatic carbocycles. The Morgan fingerprint density at radius 2 is 1.48 bits per heavy atom. The van der Waals surface area contributed by atoms with Crippen LogP contribution in [0.25, 0.3) is 0 Å². The maximum atomic E-state index is 13.3. The molecule has 2 saturated carbocycles. The van der Waals surface area contributed by atoms with Crippen molar-refractivity contribution in [2.24, 2.45) is 11.8 Å². The molecule has 0 spiro atoms. The van der Waals surface area contributed by atoms with Crippen LogP contribution in [0.2, 0.25) is 0 Å². The number of carbonyl (C=O) groups is 2. The Hall–Kier alpha value is -1.88. The fourth-order valence-corrected chi connectivity index (χ4v) is 5.46. The molecule has 5 heteroatoms. The van der Waals surface area contributed by atoms with Crippen molar-refractivity contribution in [1.29, 1.82) is 0 Å². The Morgan fingerprint density at radius 3 is 2.10 bits per heavy atom. The molecule has 158 valence electrons. The first kappa shape index (κ1) is 20.4. The van der Waals surface area contributed by atoms with Gasteiger partial charge in [-0.1, -0.05) is 43.4 Å². The van der Waals surface area contributed by atoms with Crippen LogP contribution in [-0.4, -0.2) is 53.8 Å². The van der Waals surface area contributed by atoms with Crippen LogP contribution in [0.1, 0.15) is 56.9 Å². The molecule has 0 unspecified atom stereocenters. The average molecular weight is 398 g/mol. The van der Waals surface area contributed by atoms with E-state index in [0.717, 1.165) is 57.5 Å². The van der Waals surface area contributed by atoms with E-state index in [9.17, 15) is 9.59 Å². The van der Waals surface area contributed by atoms with Crippen LogP contribution in [0.5, 0.6) is 0 Å². The summed E-state index contributed by atoms with van der Waals surface area (Å²) in [4.78, 5) is 30.4. The van der Waals surface area contributed by atoms with Gasteiger partial charge in [0.05, 0.1) is 6.04 Å². The number of piperazine rings is 1. The minimum absolute atomic E-state index is 0.0810. The Bertz CT molecular complexity index is 697. The molecule has 29 heavy (non-hydrogen) atoms. The number of nitrogens with zero attached hydrogens (tertiary/aromatic N) is 2. The molecule has 1 heterocycles. The van der Waals surface area contributed by atoms with E-state index in [1.807, 2.05) is 24.3 Å². The summed E-state index contributed by atoms with van der Waals surface area (Å²) >= 11 is 0. The van der Waals surface area contributed by atoms with E-state index in [-0.39, 0.29) is 17.9 Å². The molecule has 1 aromatic carbocycles. The van der Waals surface area contributed by atoms with Crippen molar-refractivity contribution < 1.29 is 9.59 Å². The highest BCUT2D eigenvalue weighted by molar-refractivity contribution is 5.95. The normalized spacial score (nSPS) is 22.7. The van der Waals surface area contributed by atoms with Crippen molar-refractivity contribution in [3.8, 4) is 0 Å². The maximum absolute atomic E-state index is 13.3. The van der Waals surface area contributed by atoms with Gasteiger partial charge in [0.25, 0.3) is 0 Å². The van der Waals surface area contributed by atoms with Gasteiger partial charge in [0, 0.05) is 37.8 Å². The fraction of sp³-hybridized carbons (Fsp3) is 0.667. The number of nitrogens with one attached hydrogen (secondary N) is 1. The zero-order valence-corrected chi connectivity index (χ0v) is 17.7. The first-order valence-corrected chi connectivity index (χ1v) is 11.5. The van der Waals surface area contributed by atoms with Crippen molar-refractivity contribution >= 4 is 17.5 Å². The Morgan fingerprint density at radius 1 is 0.897 bits per heavy atom. The van der Waals surface area contributed by atoms with Crippen LogP contribution in [0.15, 0.2) is 24.3 Å². The van der Waals surface area contributed by atoms with Gasteiger partial charge in [-0.05, 0) is 50.7 Å². The quantitative estimate of drug-likeness (QED) is 0.822. The second kappa shape index (κ2) is 9.29. The van der Waals surface area contributed by atoms with E-state index < -0.39 is 0 Å².